The van der Waals surface area contributed by atoms with Gasteiger partial charge in [-0.3, -0.25) is 0 Å². The Bertz CT molecular complexity index is 438. The molecule has 0 radical (unpaired) electrons. The molecule has 0 unspecified atom stereocenters. The first kappa shape index (κ1) is 12.0. The van der Waals surface area contributed by atoms with Crippen LogP contribution in [-0.4, -0.2) is 11.5 Å². The van der Waals surface area contributed by atoms with E-state index in [1.54, 1.807) is 25.4 Å². The maximum absolute atomic E-state index is 11.7. The van der Waals surface area contributed by atoms with Crippen LogP contribution in [0.4, 0.5) is 0 Å². The zero-order chi connectivity index (χ0) is 11.0. The summed E-state index contributed by atoms with van der Waals surface area (Å²) in [7, 11) is -2.39. The van der Waals surface area contributed by atoms with E-state index in [0.717, 1.165) is 0 Å². The highest BCUT2D eigenvalue weighted by molar-refractivity contribution is 7.97. The van der Waals surface area contributed by atoms with E-state index in [4.69, 9.17) is 34.8 Å². The normalized spacial score (nSPS) is 12.9. The molecule has 0 spiro atoms. The third kappa shape index (κ3) is 2.14. The smallest absolute Gasteiger partial charge is 0.213 e. The summed E-state index contributed by atoms with van der Waals surface area (Å²) in [6, 6.07) is 4.61. The van der Waals surface area contributed by atoms with E-state index in [-0.39, 0.29) is 5.03 Å². The van der Waals surface area contributed by atoms with Gasteiger partial charge < -0.3 is 0 Å². The molecule has 0 fully saturated rings. The molecule has 1 rings (SSSR count). The zero-order valence-electron chi connectivity index (χ0n) is 7.12. The quantitative estimate of drug-likeness (QED) is 0.577. The standard InChI is InChI=1S/C7H7Cl3NO2S/c1-11-5-3-2-4-6(11)14(12,13)7(8,9)10/h2-5H,1H3/q+1. The fraction of sp³-hybridized carbons (Fsp3) is 0.286. The summed E-state index contributed by atoms with van der Waals surface area (Å²) in [5, 5.41) is -0.0417. The summed E-state index contributed by atoms with van der Waals surface area (Å²) in [5.74, 6) is 0. The maximum Gasteiger partial charge on any atom is 0.303 e. The Kier molecular flexibility index (Phi) is 3.31. The number of halogens is 3. The average Bonchev–Trinajstić information content (AvgIpc) is 2.02. The lowest BCUT2D eigenvalue weighted by atomic mass is 10.5. The average molecular weight is 276 g/mol. The molecule has 0 N–H and O–H groups in total. The van der Waals surface area contributed by atoms with Crippen LogP contribution in [0.1, 0.15) is 0 Å². The van der Waals surface area contributed by atoms with Crippen LogP contribution < -0.4 is 4.57 Å². The van der Waals surface area contributed by atoms with Gasteiger partial charge in [-0.1, -0.05) is 34.8 Å². The van der Waals surface area contributed by atoms with Crippen LogP contribution in [0.5, 0.6) is 0 Å². The number of rotatable bonds is 1. The molecule has 0 amide bonds. The van der Waals surface area contributed by atoms with E-state index in [9.17, 15) is 8.42 Å². The highest BCUT2D eigenvalue weighted by atomic mass is 35.6. The summed E-state index contributed by atoms with van der Waals surface area (Å²) in [5.41, 5.74) is 0. The number of hydrogen-bond donors (Lipinski definition) is 0. The van der Waals surface area contributed by atoms with Crippen LogP contribution in [0.2, 0.25) is 0 Å². The van der Waals surface area contributed by atoms with Crippen molar-refractivity contribution in [3.8, 4) is 0 Å². The lowest BCUT2D eigenvalue weighted by Crippen LogP contribution is -2.38. The Balaban J connectivity index is 3.40. The van der Waals surface area contributed by atoms with Crippen molar-refractivity contribution >= 4 is 44.6 Å². The van der Waals surface area contributed by atoms with Gasteiger partial charge in [0.25, 0.3) is 9.84 Å². The van der Waals surface area contributed by atoms with E-state index in [1.165, 1.54) is 10.6 Å². The molecule has 1 aromatic rings. The van der Waals surface area contributed by atoms with Crippen LogP contribution in [0, 0.1) is 0 Å². The Hall–Kier alpha value is -0.0300. The minimum Gasteiger partial charge on any atom is -0.213 e. The zero-order valence-corrected chi connectivity index (χ0v) is 10.2. The number of nitrogens with zero attached hydrogens (tertiary/aromatic N) is 1. The molecular weight excluding hydrogens is 269 g/mol. The van der Waals surface area contributed by atoms with E-state index < -0.39 is 13.0 Å². The van der Waals surface area contributed by atoms with Gasteiger partial charge in [0.05, 0.1) is 0 Å². The molecule has 0 atom stereocenters. The Morgan fingerprint density at radius 1 is 1.29 bits per heavy atom. The van der Waals surface area contributed by atoms with Crippen molar-refractivity contribution in [1.82, 2.24) is 0 Å². The number of sulfone groups is 1. The van der Waals surface area contributed by atoms with Crippen molar-refractivity contribution in [2.45, 2.75) is 8.15 Å². The van der Waals surface area contributed by atoms with E-state index in [0.29, 0.717) is 0 Å². The first-order chi connectivity index (χ1) is 6.27. The lowest BCUT2D eigenvalue weighted by Gasteiger charge is -2.09. The fourth-order valence-corrected chi connectivity index (χ4v) is 2.55. The largest absolute Gasteiger partial charge is 0.303 e. The molecule has 14 heavy (non-hydrogen) atoms. The molecule has 1 aromatic heterocycles. The predicted octanol–water partition coefficient (Wildman–Crippen LogP) is 1.61. The lowest BCUT2D eigenvalue weighted by molar-refractivity contribution is -0.709. The highest BCUT2D eigenvalue weighted by Gasteiger charge is 2.44. The van der Waals surface area contributed by atoms with Crippen molar-refractivity contribution in [1.29, 1.82) is 0 Å². The molecule has 78 valence electrons. The molecule has 0 saturated heterocycles. The third-order valence-corrected chi connectivity index (χ3v) is 5.00. The molecule has 0 aliphatic heterocycles. The molecule has 0 saturated carbocycles. The summed E-state index contributed by atoms with van der Waals surface area (Å²) >= 11 is 16.1. The van der Waals surface area contributed by atoms with Crippen molar-refractivity contribution in [2.24, 2.45) is 7.05 Å². The van der Waals surface area contributed by atoms with Crippen molar-refractivity contribution in [3.05, 3.63) is 24.4 Å². The Morgan fingerprint density at radius 2 is 1.86 bits per heavy atom. The highest BCUT2D eigenvalue weighted by Crippen LogP contribution is 2.36. The molecule has 7 heteroatoms. The minimum atomic E-state index is -3.95. The number of aryl methyl sites for hydroxylation is 1. The van der Waals surface area contributed by atoms with Gasteiger partial charge in [0.15, 0.2) is 6.20 Å². The van der Waals surface area contributed by atoms with Gasteiger partial charge in [-0.05, 0) is 6.07 Å². The van der Waals surface area contributed by atoms with Crippen LogP contribution in [0.25, 0.3) is 0 Å². The maximum atomic E-state index is 11.7. The second-order valence-electron chi connectivity index (χ2n) is 2.60. The van der Waals surface area contributed by atoms with Crippen molar-refractivity contribution in [2.75, 3.05) is 0 Å². The second kappa shape index (κ2) is 3.85. The molecule has 3 nitrogen and oxygen atoms in total. The van der Waals surface area contributed by atoms with Gasteiger partial charge in [0, 0.05) is 12.1 Å². The topological polar surface area (TPSA) is 38.0 Å². The van der Waals surface area contributed by atoms with Crippen LogP contribution in [-0.2, 0) is 16.9 Å². The van der Waals surface area contributed by atoms with Gasteiger partial charge in [0.1, 0.15) is 7.05 Å². The molecule has 1 heterocycles. The predicted molar refractivity (Wildman–Crippen MR) is 55.1 cm³/mol. The second-order valence-corrected chi connectivity index (χ2v) is 7.59. The first-order valence-electron chi connectivity index (χ1n) is 3.53. The van der Waals surface area contributed by atoms with Crippen molar-refractivity contribution < 1.29 is 13.0 Å². The van der Waals surface area contributed by atoms with Crippen LogP contribution in [0.3, 0.4) is 0 Å². The number of pyridine rings is 1. The summed E-state index contributed by atoms with van der Waals surface area (Å²) < 4.78 is 22.3. The third-order valence-electron chi connectivity index (χ3n) is 1.59. The van der Waals surface area contributed by atoms with E-state index in [2.05, 4.69) is 0 Å². The number of aromatic nitrogens is 1. The first-order valence-corrected chi connectivity index (χ1v) is 6.14. The van der Waals surface area contributed by atoms with Crippen LogP contribution in [0.15, 0.2) is 29.4 Å². The van der Waals surface area contributed by atoms with E-state index in [1.807, 2.05) is 0 Å². The summed E-state index contributed by atoms with van der Waals surface area (Å²) in [6.07, 6.45) is 1.56. The fourth-order valence-electron chi connectivity index (χ4n) is 0.905. The number of alkyl halides is 3. The monoisotopic (exact) mass is 274 g/mol. The van der Waals surface area contributed by atoms with Gasteiger partial charge in [-0.25, -0.2) is 8.42 Å². The molecule has 0 aromatic carbocycles. The van der Waals surface area contributed by atoms with Gasteiger partial charge >= 0.3 is 8.15 Å². The minimum absolute atomic E-state index is 0.0417. The summed E-state index contributed by atoms with van der Waals surface area (Å²) in [4.78, 5) is 0. The summed E-state index contributed by atoms with van der Waals surface area (Å²) in [6.45, 7) is 0. The number of hydrogen-bond acceptors (Lipinski definition) is 2. The van der Waals surface area contributed by atoms with Gasteiger partial charge in [-0.2, -0.15) is 4.57 Å². The molecule has 0 bridgehead atoms. The SMILES string of the molecule is C[n+]1ccccc1S(=O)(=O)C(Cl)(Cl)Cl. The molecule has 0 aliphatic rings. The van der Waals surface area contributed by atoms with Crippen LogP contribution >= 0.6 is 34.8 Å². The van der Waals surface area contributed by atoms with Gasteiger partial charge in [-0.15, -0.1) is 0 Å². The van der Waals surface area contributed by atoms with Crippen molar-refractivity contribution in [3.63, 3.8) is 0 Å². The van der Waals surface area contributed by atoms with E-state index >= 15 is 0 Å². The van der Waals surface area contributed by atoms with Gasteiger partial charge in [0.2, 0.25) is 0 Å². The molecular formula is C7H7Cl3NO2S+. The Labute approximate surface area is 97.1 Å². The molecule has 0 aliphatic carbocycles. The Morgan fingerprint density at radius 3 is 2.29 bits per heavy atom.